The second-order valence-corrected chi connectivity index (χ2v) is 5.79. The molecule has 1 N–H and O–H groups in total. The summed E-state index contributed by atoms with van der Waals surface area (Å²) in [5, 5.41) is 2.08. The van der Waals surface area contributed by atoms with Gasteiger partial charge >= 0.3 is 12.1 Å². The van der Waals surface area contributed by atoms with Crippen LogP contribution in [0.3, 0.4) is 0 Å². The molecule has 0 bridgehead atoms. The van der Waals surface area contributed by atoms with Crippen molar-refractivity contribution in [2.24, 2.45) is 0 Å². The zero-order valence-electron chi connectivity index (χ0n) is 14.7. The highest BCUT2D eigenvalue weighted by atomic mass is 19.4. The van der Waals surface area contributed by atoms with Crippen LogP contribution in [0.15, 0.2) is 42.5 Å². The Morgan fingerprint density at radius 1 is 1.00 bits per heavy atom. The monoisotopic (exact) mass is 381 g/mol. The smallest absolute Gasteiger partial charge is 0.418 e. The maximum Gasteiger partial charge on any atom is 0.418 e. The predicted molar refractivity (Wildman–Crippen MR) is 92.4 cm³/mol. The van der Waals surface area contributed by atoms with Crippen molar-refractivity contribution in [3.8, 4) is 5.75 Å². The molecule has 2 rings (SSSR count). The molecule has 0 saturated carbocycles. The Hall–Kier alpha value is -3.03. The van der Waals surface area contributed by atoms with Crippen LogP contribution in [0.25, 0.3) is 0 Å². The van der Waals surface area contributed by atoms with Crippen LogP contribution in [-0.4, -0.2) is 25.1 Å². The van der Waals surface area contributed by atoms with Gasteiger partial charge in [-0.3, -0.25) is 4.79 Å². The Labute approximate surface area is 154 Å². The molecule has 0 saturated heterocycles. The molecule has 0 aromatic heterocycles. The van der Waals surface area contributed by atoms with Gasteiger partial charge in [-0.15, -0.1) is 0 Å². The first-order valence-corrected chi connectivity index (χ1v) is 7.98. The van der Waals surface area contributed by atoms with E-state index in [-0.39, 0.29) is 0 Å². The summed E-state index contributed by atoms with van der Waals surface area (Å²) in [6.07, 6.45) is -4.61. The van der Waals surface area contributed by atoms with Gasteiger partial charge in [-0.2, -0.15) is 13.2 Å². The van der Waals surface area contributed by atoms with Crippen molar-refractivity contribution in [1.29, 1.82) is 0 Å². The van der Waals surface area contributed by atoms with Crippen LogP contribution in [0.1, 0.15) is 16.7 Å². The van der Waals surface area contributed by atoms with Crippen LogP contribution in [0.2, 0.25) is 0 Å². The molecule has 0 unspecified atom stereocenters. The molecule has 0 aliphatic carbocycles. The second kappa shape index (κ2) is 8.57. The molecule has 2 aromatic carbocycles. The van der Waals surface area contributed by atoms with Gasteiger partial charge in [-0.05, 0) is 49.2 Å². The number of para-hydroxylation sites is 1. The van der Waals surface area contributed by atoms with Crippen molar-refractivity contribution in [3.63, 3.8) is 0 Å². The Bertz CT molecular complexity index is 834. The molecule has 0 heterocycles. The van der Waals surface area contributed by atoms with Crippen LogP contribution in [0.5, 0.6) is 5.75 Å². The summed E-state index contributed by atoms with van der Waals surface area (Å²) in [6.45, 7) is 2.68. The lowest BCUT2D eigenvalue weighted by molar-refractivity contribution is -0.149. The molecule has 144 valence electrons. The molecule has 0 atom stereocenters. The van der Waals surface area contributed by atoms with E-state index in [1.807, 2.05) is 19.9 Å². The van der Waals surface area contributed by atoms with E-state index in [1.165, 1.54) is 12.1 Å². The number of esters is 1. The predicted octanol–water partition coefficient (Wildman–Crippen LogP) is 3.88. The number of aryl methyl sites for hydroxylation is 2. The van der Waals surface area contributed by atoms with E-state index in [4.69, 9.17) is 9.47 Å². The minimum Gasteiger partial charge on any atom is -0.482 e. The molecule has 8 heteroatoms. The summed E-state index contributed by atoms with van der Waals surface area (Å²) in [5.74, 6) is -1.22. The van der Waals surface area contributed by atoms with Gasteiger partial charge in [-0.1, -0.05) is 18.2 Å². The van der Waals surface area contributed by atoms with Gasteiger partial charge in [0.25, 0.3) is 5.91 Å². The van der Waals surface area contributed by atoms with Crippen molar-refractivity contribution < 1.29 is 32.2 Å². The number of rotatable bonds is 6. The third-order valence-electron chi connectivity index (χ3n) is 3.71. The summed E-state index contributed by atoms with van der Waals surface area (Å²) in [7, 11) is 0. The summed E-state index contributed by atoms with van der Waals surface area (Å²) in [4.78, 5) is 23.4. The lowest BCUT2D eigenvalue weighted by Crippen LogP contribution is -2.24. The highest BCUT2D eigenvalue weighted by molar-refractivity contribution is 5.93. The first-order valence-electron chi connectivity index (χ1n) is 7.98. The Balaban J connectivity index is 1.83. The fraction of sp³-hybridized carbons (Fsp3) is 0.263. The first kappa shape index (κ1) is 20.3. The quantitative estimate of drug-likeness (QED) is 0.772. The average molecular weight is 381 g/mol. The van der Waals surface area contributed by atoms with Gasteiger partial charge in [0.1, 0.15) is 5.75 Å². The summed E-state index contributed by atoms with van der Waals surface area (Å²) in [6, 6.07) is 9.81. The van der Waals surface area contributed by atoms with Gasteiger partial charge in [0, 0.05) is 0 Å². The second-order valence-electron chi connectivity index (χ2n) is 5.79. The van der Waals surface area contributed by atoms with Crippen molar-refractivity contribution >= 4 is 17.6 Å². The average Bonchev–Trinajstić information content (AvgIpc) is 2.60. The minimum atomic E-state index is -4.61. The van der Waals surface area contributed by atoms with Crippen LogP contribution >= 0.6 is 0 Å². The molecule has 0 fully saturated rings. The molecule has 0 aliphatic heterocycles. The number of alkyl halides is 3. The highest BCUT2D eigenvalue weighted by Gasteiger charge is 2.33. The molecule has 0 spiro atoms. The summed E-state index contributed by atoms with van der Waals surface area (Å²) in [5.41, 5.74) is 0.671. The minimum absolute atomic E-state index is 0.405. The first-order chi connectivity index (χ1) is 12.7. The molecule has 5 nitrogen and oxygen atoms in total. The number of ether oxygens (including phenoxy) is 2. The van der Waals surface area contributed by atoms with E-state index < -0.39 is 42.5 Å². The van der Waals surface area contributed by atoms with Crippen LogP contribution in [0, 0.1) is 13.8 Å². The Morgan fingerprint density at radius 3 is 2.37 bits per heavy atom. The number of amides is 1. The lowest BCUT2D eigenvalue weighted by Gasteiger charge is -2.13. The van der Waals surface area contributed by atoms with Crippen molar-refractivity contribution in [2.75, 3.05) is 18.5 Å². The van der Waals surface area contributed by atoms with E-state index >= 15 is 0 Å². The molecule has 27 heavy (non-hydrogen) atoms. The van der Waals surface area contributed by atoms with Crippen LogP contribution < -0.4 is 10.1 Å². The number of halogens is 3. The number of nitrogens with one attached hydrogen (secondary N) is 1. The maximum absolute atomic E-state index is 12.9. The number of anilines is 1. The molecular formula is C19H18F3NO4. The maximum atomic E-state index is 12.9. The number of benzene rings is 2. The Morgan fingerprint density at radius 2 is 1.70 bits per heavy atom. The van der Waals surface area contributed by atoms with Crippen LogP contribution in [-0.2, 0) is 20.5 Å². The van der Waals surface area contributed by atoms with Crippen molar-refractivity contribution in [1.82, 2.24) is 0 Å². The van der Waals surface area contributed by atoms with Gasteiger partial charge in [0.05, 0.1) is 11.3 Å². The largest absolute Gasteiger partial charge is 0.482 e. The van der Waals surface area contributed by atoms with Gasteiger partial charge in [0.2, 0.25) is 0 Å². The van der Waals surface area contributed by atoms with E-state index in [0.29, 0.717) is 5.75 Å². The fourth-order valence-electron chi connectivity index (χ4n) is 2.16. The van der Waals surface area contributed by atoms with Crippen molar-refractivity contribution in [3.05, 3.63) is 59.2 Å². The normalized spacial score (nSPS) is 11.0. The number of hydrogen-bond donors (Lipinski definition) is 1. The Kier molecular flexibility index (Phi) is 6.44. The molecule has 0 aliphatic rings. The number of hydrogen-bond acceptors (Lipinski definition) is 4. The van der Waals surface area contributed by atoms with Gasteiger partial charge in [-0.25, -0.2) is 4.79 Å². The number of carbonyl (C=O) groups excluding carboxylic acids is 2. The molecule has 1 amide bonds. The number of carbonyl (C=O) groups is 2. The van der Waals surface area contributed by atoms with E-state index in [0.717, 1.165) is 23.3 Å². The zero-order chi connectivity index (χ0) is 20.0. The standard InChI is InChI=1S/C19H18F3NO4/c1-12-7-8-14(9-13(12)2)26-11-18(25)27-10-17(24)23-16-6-4-3-5-15(16)19(20,21)22/h3-9H,10-11H2,1-2H3,(H,23,24). The molecule has 0 radical (unpaired) electrons. The van der Waals surface area contributed by atoms with E-state index in [9.17, 15) is 22.8 Å². The molecule has 2 aromatic rings. The SMILES string of the molecule is Cc1ccc(OCC(=O)OCC(=O)Nc2ccccc2C(F)(F)F)cc1C. The topological polar surface area (TPSA) is 64.6 Å². The van der Waals surface area contributed by atoms with E-state index in [2.05, 4.69) is 5.32 Å². The lowest BCUT2D eigenvalue weighted by atomic mass is 10.1. The third-order valence-corrected chi connectivity index (χ3v) is 3.71. The highest BCUT2D eigenvalue weighted by Crippen LogP contribution is 2.34. The van der Waals surface area contributed by atoms with Crippen LogP contribution in [0.4, 0.5) is 18.9 Å². The third kappa shape index (κ3) is 6.02. The fourth-order valence-corrected chi connectivity index (χ4v) is 2.16. The summed E-state index contributed by atoms with van der Waals surface area (Å²) < 4.78 is 48.6. The molecular weight excluding hydrogens is 363 g/mol. The van der Waals surface area contributed by atoms with Gasteiger partial charge < -0.3 is 14.8 Å². The zero-order valence-corrected chi connectivity index (χ0v) is 14.7. The summed E-state index contributed by atoms with van der Waals surface area (Å²) >= 11 is 0. The van der Waals surface area contributed by atoms with E-state index in [1.54, 1.807) is 12.1 Å². The van der Waals surface area contributed by atoms with Gasteiger partial charge in [0.15, 0.2) is 13.2 Å². The van der Waals surface area contributed by atoms with Crippen molar-refractivity contribution in [2.45, 2.75) is 20.0 Å².